The zero-order chi connectivity index (χ0) is 26.0. The lowest BCUT2D eigenvalue weighted by Crippen LogP contribution is -2.13. The number of anilines is 1. The van der Waals surface area contributed by atoms with Gasteiger partial charge in [0, 0.05) is 5.56 Å². The summed E-state index contributed by atoms with van der Waals surface area (Å²) < 4.78 is 42.1. The Balaban J connectivity index is 1.45. The van der Waals surface area contributed by atoms with Crippen molar-refractivity contribution < 1.29 is 22.9 Å². The number of nitro groups is 1. The van der Waals surface area contributed by atoms with E-state index in [1.54, 1.807) is 48.9 Å². The van der Waals surface area contributed by atoms with Crippen LogP contribution in [0.5, 0.6) is 0 Å². The molecule has 2 heterocycles. The zero-order valence-electron chi connectivity index (χ0n) is 19.3. The maximum Gasteiger partial charge on any atom is 0.416 e. The third-order valence-electron chi connectivity index (χ3n) is 5.60. The van der Waals surface area contributed by atoms with Crippen molar-refractivity contribution >= 4 is 17.3 Å². The van der Waals surface area contributed by atoms with Crippen LogP contribution in [-0.2, 0) is 19.3 Å². The van der Waals surface area contributed by atoms with Gasteiger partial charge >= 0.3 is 11.9 Å². The topological polar surface area (TPSA) is 108 Å². The van der Waals surface area contributed by atoms with Crippen molar-refractivity contribution in [1.82, 2.24) is 19.6 Å². The highest BCUT2D eigenvalue weighted by Gasteiger charge is 2.30. The second-order valence-electron chi connectivity index (χ2n) is 8.21. The Morgan fingerprint density at radius 2 is 1.81 bits per heavy atom. The van der Waals surface area contributed by atoms with E-state index >= 15 is 0 Å². The van der Waals surface area contributed by atoms with Crippen molar-refractivity contribution in [3.63, 3.8) is 0 Å². The summed E-state index contributed by atoms with van der Waals surface area (Å²) in [7, 11) is 0. The molecule has 1 N–H and O–H groups in total. The van der Waals surface area contributed by atoms with Crippen LogP contribution in [0.25, 0.3) is 0 Å². The molecule has 0 unspecified atom stereocenters. The van der Waals surface area contributed by atoms with Crippen LogP contribution < -0.4 is 5.32 Å². The summed E-state index contributed by atoms with van der Waals surface area (Å²) in [6.07, 6.45) is -1.95. The summed E-state index contributed by atoms with van der Waals surface area (Å²) in [5, 5.41) is 21.9. The number of hydrogen-bond donors (Lipinski definition) is 1. The van der Waals surface area contributed by atoms with Gasteiger partial charge in [-0.3, -0.25) is 24.3 Å². The molecule has 12 heteroatoms. The SMILES string of the molecule is Cc1nn(Cc2cccc(C(F)(F)F)c2)c(C)c1NC(=O)c1ccc(Cn2cc([N+](=O)[O-])cn2)cc1. The van der Waals surface area contributed by atoms with Crippen molar-refractivity contribution in [2.24, 2.45) is 0 Å². The standard InChI is InChI=1S/C24H21F3N6O3/c1-15-22(16(2)32(30-15)13-18-4-3-5-20(10-18)24(25,26)27)29-23(34)19-8-6-17(7-9-19)12-31-14-21(11-28-31)33(35)36/h3-11,14H,12-13H2,1-2H3,(H,29,34). The van der Waals surface area contributed by atoms with Crippen LogP contribution >= 0.6 is 0 Å². The van der Waals surface area contributed by atoms with E-state index in [0.717, 1.165) is 17.7 Å². The van der Waals surface area contributed by atoms with Crippen LogP contribution in [0.15, 0.2) is 60.9 Å². The lowest BCUT2D eigenvalue weighted by molar-refractivity contribution is -0.385. The smallest absolute Gasteiger partial charge is 0.319 e. The van der Waals surface area contributed by atoms with E-state index in [9.17, 15) is 28.1 Å². The first-order valence-corrected chi connectivity index (χ1v) is 10.8. The van der Waals surface area contributed by atoms with Gasteiger partial charge < -0.3 is 5.32 Å². The summed E-state index contributed by atoms with van der Waals surface area (Å²) in [5.41, 5.74) is 2.40. The second kappa shape index (κ2) is 9.64. The fourth-order valence-electron chi connectivity index (χ4n) is 3.72. The molecule has 0 saturated heterocycles. The predicted molar refractivity (Wildman–Crippen MR) is 125 cm³/mol. The summed E-state index contributed by atoms with van der Waals surface area (Å²) in [5.74, 6) is -0.374. The average Bonchev–Trinajstić information content (AvgIpc) is 3.39. The van der Waals surface area contributed by atoms with Gasteiger partial charge in [0.25, 0.3) is 5.91 Å². The van der Waals surface area contributed by atoms with Gasteiger partial charge in [0.15, 0.2) is 0 Å². The van der Waals surface area contributed by atoms with Crippen molar-refractivity contribution in [3.8, 4) is 0 Å². The van der Waals surface area contributed by atoms with Gasteiger partial charge in [0.1, 0.15) is 12.4 Å². The van der Waals surface area contributed by atoms with E-state index in [2.05, 4.69) is 15.5 Å². The van der Waals surface area contributed by atoms with Crippen LogP contribution in [-0.4, -0.2) is 30.4 Å². The van der Waals surface area contributed by atoms with E-state index in [1.807, 2.05) is 0 Å². The Bertz CT molecular complexity index is 1420. The van der Waals surface area contributed by atoms with Crippen LogP contribution in [0.3, 0.4) is 0 Å². The zero-order valence-corrected chi connectivity index (χ0v) is 19.3. The first-order valence-electron chi connectivity index (χ1n) is 10.8. The molecule has 1 amide bonds. The summed E-state index contributed by atoms with van der Waals surface area (Å²) in [6.45, 7) is 3.86. The van der Waals surface area contributed by atoms with E-state index in [4.69, 9.17) is 0 Å². The molecule has 2 aromatic carbocycles. The highest BCUT2D eigenvalue weighted by Crippen LogP contribution is 2.30. The number of nitrogens with zero attached hydrogens (tertiary/aromatic N) is 5. The van der Waals surface area contributed by atoms with E-state index < -0.39 is 16.7 Å². The fourth-order valence-corrected chi connectivity index (χ4v) is 3.72. The maximum atomic E-state index is 13.0. The highest BCUT2D eigenvalue weighted by atomic mass is 19.4. The first-order chi connectivity index (χ1) is 17.0. The van der Waals surface area contributed by atoms with E-state index in [1.165, 1.54) is 23.1 Å². The lowest BCUT2D eigenvalue weighted by Gasteiger charge is -2.10. The number of aryl methyl sites for hydroxylation is 1. The van der Waals surface area contributed by atoms with Gasteiger partial charge in [-0.1, -0.05) is 24.3 Å². The van der Waals surface area contributed by atoms with Crippen LogP contribution in [0.1, 0.15) is 38.4 Å². The third kappa shape index (κ3) is 5.43. The molecule has 4 aromatic rings. The molecular formula is C24H21F3N6O3. The van der Waals surface area contributed by atoms with Gasteiger partial charge in [-0.15, -0.1) is 0 Å². The van der Waals surface area contributed by atoms with Crippen molar-refractivity contribution in [1.29, 1.82) is 0 Å². The number of benzene rings is 2. The maximum absolute atomic E-state index is 13.0. The Morgan fingerprint density at radius 3 is 2.44 bits per heavy atom. The van der Waals surface area contributed by atoms with Gasteiger partial charge in [-0.2, -0.15) is 23.4 Å². The fraction of sp³-hybridized carbons (Fsp3) is 0.208. The molecule has 36 heavy (non-hydrogen) atoms. The first kappa shape index (κ1) is 24.6. The highest BCUT2D eigenvalue weighted by molar-refractivity contribution is 6.04. The average molecular weight is 498 g/mol. The van der Waals surface area contributed by atoms with Gasteiger partial charge in [0.05, 0.1) is 40.7 Å². The molecule has 186 valence electrons. The molecule has 0 saturated carbocycles. The van der Waals surface area contributed by atoms with E-state index in [-0.39, 0.29) is 18.1 Å². The number of carbonyl (C=O) groups excluding carboxylic acids is 1. The molecule has 0 bridgehead atoms. The minimum atomic E-state index is -4.43. The molecule has 0 fully saturated rings. The minimum Gasteiger partial charge on any atom is -0.319 e. The Kier molecular flexibility index (Phi) is 6.60. The minimum absolute atomic E-state index is 0.106. The number of aromatic nitrogens is 4. The number of alkyl halides is 3. The largest absolute Gasteiger partial charge is 0.416 e. The lowest BCUT2D eigenvalue weighted by atomic mass is 10.1. The third-order valence-corrected chi connectivity index (χ3v) is 5.60. The Morgan fingerprint density at radius 1 is 1.08 bits per heavy atom. The summed E-state index contributed by atoms with van der Waals surface area (Å²) in [4.78, 5) is 23.1. The molecule has 4 rings (SSSR count). The van der Waals surface area contributed by atoms with Gasteiger partial charge in [-0.25, -0.2) is 0 Å². The molecule has 0 spiro atoms. The normalized spacial score (nSPS) is 11.5. The number of carbonyl (C=O) groups is 1. The van der Waals surface area contributed by atoms with Crippen molar-refractivity contribution in [2.45, 2.75) is 33.1 Å². The van der Waals surface area contributed by atoms with Crippen LogP contribution in [0, 0.1) is 24.0 Å². The number of halogens is 3. The van der Waals surface area contributed by atoms with Gasteiger partial charge in [-0.05, 0) is 49.2 Å². The predicted octanol–water partition coefficient (Wildman–Crippen LogP) is 4.97. The molecule has 9 nitrogen and oxygen atoms in total. The number of hydrogen-bond acceptors (Lipinski definition) is 5. The summed E-state index contributed by atoms with van der Waals surface area (Å²) in [6, 6.07) is 11.7. The molecule has 0 aliphatic rings. The quantitative estimate of drug-likeness (QED) is 0.286. The van der Waals surface area contributed by atoms with Gasteiger partial charge in [0.2, 0.25) is 0 Å². The van der Waals surface area contributed by atoms with E-state index in [0.29, 0.717) is 34.7 Å². The second-order valence-corrected chi connectivity index (χ2v) is 8.21. The number of amides is 1. The van der Waals surface area contributed by atoms with Crippen LogP contribution in [0.2, 0.25) is 0 Å². The molecule has 0 atom stereocenters. The molecular weight excluding hydrogens is 477 g/mol. The molecule has 0 aliphatic carbocycles. The summed E-state index contributed by atoms with van der Waals surface area (Å²) >= 11 is 0. The Hall–Kier alpha value is -4.48. The Labute approximate surface area is 203 Å². The van der Waals surface area contributed by atoms with Crippen molar-refractivity contribution in [2.75, 3.05) is 5.32 Å². The molecule has 2 aromatic heterocycles. The monoisotopic (exact) mass is 498 g/mol. The number of nitrogens with one attached hydrogen (secondary N) is 1. The van der Waals surface area contributed by atoms with Crippen LogP contribution in [0.4, 0.5) is 24.5 Å². The van der Waals surface area contributed by atoms with Crippen molar-refractivity contribution in [3.05, 3.63) is 105 Å². The molecule has 0 radical (unpaired) electrons. The molecule has 0 aliphatic heterocycles. The number of rotatable bonds is 7.